The maximum atomic E-state index is 12.1. The first-order chi connectivity index (χ1) is 12.1. The molecule has 25 heavy (non-hydrogen) atoms. The third kappa shape index (κ3) is 4.41. The van der Waals surface area contributed by atoms with E-state index in [0.717, 1.165) is 5.56 Å². The van der Waals surface area contributed by atoms with Crippen molar-refractivity contribution >= 4 is 11.8 Å². The highest BCUT2D eigenvalue weighted by Gasteiger charge is 2.27. The summed E-state index contributed by atoms with van der Waals surface area (Å²) in [4.78, 5) is 23.8. The number of hydrazine groups is 1. The van der Waals surface area contributed by atoms with E-state index in [1.54, 1.807) is 30.3 Å². The van der Waals surface area contributed by atoms with Crippen LogP contribution < -0.4 is 25.1 Å². The Kier molecular flexibility index (Phi) is 5.03. The second-order valence-corrected chi connectivity index (χ2v) is 5.50. The van der Waals surface area contributed by atoms with E-state index in [1.165, 1.54) is 0 Å². The predicted molar refractivity (Wildman–Crippen MR) is 89.3 cm³/mol. The zero-order valence-corrected chi connectivity index (χ0v) is 13.7. The average molecular weight is 342 g/mol. The number of hydrogen-bond donors (Lipinski definition) is 2. The molecule has 1 heterocycles. The van der Waals surface area contributed by atoms with E-state index in [1.807, 2.05) is 25.1 Å². The van der Waals surface area contributed by atoms with E-state index in [-0.39, 0.29) is 13.2 Å². The number of ether oxygens (including phenoxy) is 3. The lowest BCUT2D eigenvalue weighted by Gasteiger charge is -2.25. The molecule has 0 aliphatic carbocycles. The summed E-state index contributed by atoms with van der Waals surface area (Å²) in [5, 5.41) is 0. The van der Waals surface area contributed by atoms with Crippen LogP contribution in [-0.4, -0.2) is 31.1 Å². The number of nitrogens with one attached hydrogen (secondary N) is 2. The Morgan fingerprint density at radius 3 is 2.56 bits per heavy atom. The van der Waals surface area contributed by atoms with Crippen molar-refractivity contribution < 1.29 is 23.8 Å². The molecule has 2 N–H and O–H groups in total. The third-order valence-corrected chi connectivity index (χ3v) is 3.52. The van der Waals surface area contributed by atoms with Crippen LogP contribution in [-0.2, 0) is 9.59 Å². The summed E-state index contributed by atoms with van der Waals surface area (Å²) in [6.45, 7) is 1.81. The number of para-hydroxylation sites is 2. The van der Waals surface area contributed by atoms with Crippen LogP contribution in [0.15, 0.2) is 48.5 Å². The van der Waals surface area contributed by atoms with Gasteiger partial charge in [-0.1, -0.05) is 29.8 Å². The molecule has 0 fully saturated rings. The first-order valence-corrected chi connectivity index (χ1v) is 7.78. The predicted octanol–water partition coefficient (Wildman–Crippen LogP) is 1.36. The molecule has 7 heteroatoms. The molecule has 2 aromatic rings. The van der Waals surface area contributed by atoms with Crippen molar-refractivity contribution in [2.75, 3.05) is 13.2 Å². The summed E-state index contributed by atoms with van der Waals surface area (Å²) in [5.74, 6) is 0.668. The molecule has 1 aliphatic rings. The molecule has 0 saturated heterocycles. The van der Waals surface area contributed by atoms with Gasteiger partial charge in [0, 0.05) is 0 Å². The van der Waals surface area contributed by atoms with Crippen molar-refractivity contribution in [3.05, 3.63) is 54.1 Å². The van der Waals surface area contributed by atoms with Crippen LogP contribution in [0.4, 0.5) is 0 Å². The van der Waals surface area contributed by atoms with Gasteiger partial charge in [0.15, 0.2) is 18.1 Å². The highest BCUT2D eigenvalue weighted by atomic mass is 16.6. The molecule has 0 radical (unpaired) electrons. The van der Waals surface area contributed by atoms with E-state index in [4.69, 9.17) is 14.2 Å². The van der Waals surface area contributed by atoms with Crippen molar-refractivity contribution in [3.63, 3.8) is 0 Å². The molecule has 1 atom stereocenters. The number of benzene rings is 2. The summed E-state index contributed by atoms with van der Waals surface area (Å²) < 4.78 is 16.3. The Balaban J connectivity index is 1.43. The third-order valence-electron chi connectivity index (χ3n) is 3.52. The molecule has 1 aliphatic heterocycles. The van der Waals surface area contributed by atoms with E-state index < -0.39 is 17.9 Å². The minimum Gasteiger partial charge on any atom is -0.485 e. The molecular formula is C18H18N2O5. The lowest BCUT2D eigenvalue weighted by molar-refractivity contribution is -0.135. The molecule has 0 saturated carbocycles. The summed E-state index contributed by atoms with van der Waals surface area (Å²) in [7, 11) is 0. The van der Waals surface area contributed by atoms with Crippen LogP contribution in [0.1, 0.15) is 5.56 Å². The van der Waals surface area contributed by atoms with Gasteiger partial charge in [0.25, 0.3) is 11.8 Å². The molecule has 0 bridgehead atoms. The summed E-state index contributed by atoms with van der Waals surface area (Å²) in [6, 6.07) is 14.4. The van der Waals surface area contributed by atoms with Crippen LogP contribution in [0.25, 0.3) is 0 Å². The number of rotatable bonds is 4. The maximum absolute atomic E-state index is 12.1. The molecule has 0 spiro atoms. The number of hydrogen-bond acceptors (Lipinski definition) is 5. The second kappa shape index (κ2) is 7.57. The molecule has 2 amide bonds. The Bertz CT molecular complexity index is 760. The van der Waals surface area contributed by atoms with E-state index >= 15 is 0 Å². The number of fused-ring (bicyclic) bond motifs is 1. The smallest absolute Gasteiger partial charge is 0.283 e. The highest BCUT2D eigenvalue weighted by molar-refractivity contribution is 5.85. The fourth-order valence-electron chi connectivity index (χ4n) is 2.18. The molecular weight excluding hydrogens is 324 g/mol. The van der Waals surface area contributed by atoms with E-state index in [9.17, 15) is 9.59 Å². The van der Waals surface area contributed by atoms with Gasteiger partial charge in [-0.3, -0.25) is 20.4 Å². The minimum absolute atomic E-state index is 0.0680. The summed E-state index contributed by atoms with van der Waals surface area (Å²) in [5.41, 5.74) is 5.69. The molecule has 130 valence electrons. The number of aryl methyl sites for hydroxylation is 1. The lowest BCUT2D eigenvalue weighted by atomic mass is 10.2. The van der Waals surface area contributed by atoms with Crippen molar-refractivity contribution in [1.29, 1.82) is 0 Å². The molecule has 2 aromatic carbocycles. The number of amides is 2. The van der Waals surface area contributed by atoms with Crippen LogP contribution in [0.3, 0.4) is 0 Å². The van der Waals surface area contributed by atoms with Gasteiger partial charge in [-0.05, 0) is 31.2 Å². The Morgan fingerprint density at radius 1 is 1.08 bits per heavy atom. The first-order valence-electron chi connectivity index (χ1n) is 7.78. The maximum Gasteiger partial charge on any atom is 0.283 e. The standard InChI is InChI=1S/C18H18N2O5/c1-12-6-8-13(9-7-12)23-11-17(21)19-20-18(22)16-10-24-14-4-2-3-5-15(14)25-16/h2-9,16H,10-11H2,1H3,(H,19,21)(H,20,22). The van der Waals surface area contributed by atoms with Crippen LogP contribution >= 0.6 is 0 Å². The van der Waals surface area contributed by atoms with Gasteiger partial charge in [0.2, 0.25) is 6.10 Å². The molecule has 0 aromatic heterocycles. The van der Waals surface area contributed by atoms with E-state index in [0.29, 0.717) is 17.2 Å². The van der Waals surface area contributed by atoms with Crippen molar-refractivity contribution in [2.24, 2.45) is 0 Å². The zero-order valence-electron chi connectivity index (χ0n) is 13.7. The first kappa shape index (κ1) is 16.6. The van der Waals surface area contributed by atoms with Crippen molar-refractivity contribution in [3.8, 4) is 17.2 Å². The van der Waals surface area contributed by atoms with Gasteiger partial charge >= 0.3 is 0 Å². The number of carbonyl (C=O) groups is 2. The molecule has 1 unspecified atom stereocenters. The summed E-state index contributed by atoms with van der Waals surface area (Å²) in [6.07, 6.45) is -0.840. The summed E-state index contributed by atoms with van der Waals surface area (Å²) >= 11 is 0. The van der Waals surface area contributed by atoms with Crippen LogP contribution in [0, 0.1) is 6.92 Å². The fourth-order valence-corrected chi connectivity index (χ4v) is 2.18. The van der Waals surface area contributed by atoms with Gasteiger partial charge in [-0.25, -0.2) is 0 Å². The topological polar surface area (TPSA) is 85.9 Å². The fraction of sp³-hybridized carbons (Fsp3) is 0.222. The highest BCUT2D eigenvalue weighted by Crippen LogP contribution is 2.30. The normalized spacial score (nSPS) is 15.2. The Morgan fingerprint density at radius 2 is 1.80 bits per heavy atom. The van der Waals surface area contributed by atoms with Gasteiger partial charge in [-0.15, -0.1) is 0 Å². The van der Waals surface area contributed by atoms with Gasteiger partial charge in [0.05, 0.1) is 0 Å². The monoisotopic (exact) mass is 342 g/mol. The van der Waals surface area contributed by atoms with E-state index in [2.05, 4.69) is 10.9 Å². The molecule has 3 rings (SSSR count). The number of carbonyl (C=O) groups excluding carboxylic acids is 2. The van der Waals surface area contributed by atoms with Gasteiger partial charge < -0.3 is 14.2 Å². The Hall–Kier alpha value is -3.22. The zero-order chi connectivity index (χ0) is 17.6. The van der Waals surface area contributed by atoms with Gasteiger partial charge in [-0.2, -0.15) is 0 Å². The minimum atomic E-state index is -0.840. The SMILES string of the molecule is Cc1ccc(OCC(=O)NNC(=O)C2COc3ccccc3O2)cc1. The van der Waals surface area contributed by atoms with Gasteiger partial charge in [0.1, 0.15) is 12.4 Å². The molecule has 7 nitrogen and oxygen atoms in total. The van der Waals surface area contributed by atoms with Crippen molar-refractivity contribution in [1.82, 2.24) is 10.9 Å². The largest absolute Gasteiger partial charge is 0.485 e. The second-order valence-electron chi connectivity index (χ2n) is 5.50. The quantitative estimate of drug-likeness (QED) is 0.820. The van der Waals surface area contributed by atoms with Crippen LogP contribution in [0.2, 0.25) is 0 Å². The average Bonchev–Trinajstić information content (AvgIpc) is 2.65. The Labute approximate surface area is 144 Å². The lowest BCUT2D eigenvalue weighted by Crippen LogP contribution is -2.51. The van der Waals surface area contributed by atoms with Crippen molar-refractivity contribution in [2.45, 2.75) is 13.0 Å². The van der Waals surface area contributed by atoms with Crippen LogP contribution in [0.5, 0.6) is 17.2 Å².